The highest BCUT2D eigenvalue weighted by molar-refractivity contribution is 14.0. The van der Waals surface area contributed by atoms with E-state index >= 15 is 0 Å². The molecule has 1 aliphatic rings. The van der Waals surface area contributed by atoms with E-state index in [-0.39, 0.29) is 42.3 Å². The Hall–Kier alpha value is -2.63. The van der Waals surface area contributed by atoms with Crippen LogP contribution < -0.4 is 15.5 Å². The van der Waals surface area contributed by atoms with Crippen LogP contribution in [-0.2, 0) is 23.2 Å². The molecule has 0 unspecified atom stereocenters. The minimum atomic E-state index is -0.107. The second-order valence-electron chi connectivity index (χ2n) is 6.89. The Kier molecular flexibility index (Phi) is 8.63. The van der Waals surface area contributed by atoms with Crippen LogP contribution in [0.1, 0.15) is 19.4 Å². The maximum Gasteiger partial charge on any atom is 0.246 e. The molecule has 1 saturated heterocycles. The van der Waals surface area contributed by atoms with Crippen LogP contribution >= 0.6 is 24.0 Å². The number of nitrogens with one attached hydrogen (secondary N) is 2. The van der Waals surface area contributed by atoms with E-state index in [0.29, 0.717) is 32.1 Å². The van der Waals surface area contributed by atoms with Crippen LogP contribution in [0.25, 0.3) is 0 Å². The summed E-state index contributed by atoms with van der Waals surface area (Å²) in [6.07, 6.45) is 3.55. The number of aryl methyl sites for hydroxylation is 1. The number of anilines is 2. The molecule has 0 saturated carbocycles. The molecule has 0 spiro atoms. The van der Waals surface area contributed by atoms with Crippen LogP contribution in [0, 0.1) is 0 Å². The summed E-state index contributed by atoms with van der Waals surface area (Å²) in [6.45, 7) is 6.16. The normalized spacial score (nSPS) is 14.4. The fourth-order valence-electron chi connectivity index (χ4n) is 3.22. The highest BCUT2D eigenvalue weighted by Gasteiger charge is 2.27. The number of benzene rings is 1. The van der Waals surface area contributed by atoms with E-state index in [2.05, 4.69) is 15.7 Å². The monoisotopic (exact) mass is 525 g/mol. The highest BCUT2D eigenvalue weighted by Crippen LogP contribution is 2.16. The third-order valence-electron chi connectivity index (χ3n) is 4.52. The van der Waals surface area contributed by atoms with Crippen molar-refractivity contribution >= 4 is 53.1 Å². The molecule has 2 amide bonds. The Balaban J connectivity index is 0.00000320. The Morgan fingerprint density at radius 3 is 2.73 bits per heavy atom. The van der Waals surface area contributed by atoms with E-state index in [0.717, 1.165) is 16.9 Å². The lowest BCUT2D eigenvalue weighted by Crippen LogP contribution is -2.55. The first-order valence-electron chi connectivity index (χ1n) is 9.65. The molecule has 10 heteroatoms. The molecule has 3 rings (SSSR count). The number of rotatable bonds is 5. The molecule has 0 atom stereocenters. The first-order chi connectivity index (χ1) is 14.0. The van der Waals surface area contributed by atoms with Gasteiger partial charge in [-0.25, -0.2) is 4.99 Å². The summed E-state index contributed by atoms with van der Waals surface area (Å²) >= 11 is 0. The molecule has 1 aliphatic heterocycles. The van der Waals surface area contributed by atoms with Gasteiger partial charge >= 0.3 is 0 Å². The van der Waals surface area contributed by atoms with E-state index in [1.165, 1.54) is 6.92 Å². The lowest BCUT2D eigenvalue weighted by Gasteiger charge is -2.35. The van der Waals surface area contributed by atoms with E-state index in [1.807, 2.05) is 49.3 Å². The third kappa shape index (κ3) is 6.18. The quantitative estimate of drug-likeness (QED) is 0.353. The predicted molar refractivity (Wildman–Crippen MR) is 128 cm³/mol. The van der Waals surface area contributed by atoms with Gasteiger partial charge in [0, 0.05) is 45.5 Å². The van der Waals surface area contributed by atoms with Crippen molar-refractivity contribution in [3.8, 4) is 0 Å². The standard InChI is InChI=1S/C20H27N7O2.HI/c1-4-21-20(22-11-16-6-5-7-17(10-16)24-15(2)28)26-8-9-27(19(29)14-26)18-12-23-25(3)13-18;/h5-7,10,12-13H,4,8-9,11,14H2,1-3H3,(H,21,22)(H,24,28);1H. The fourth-order valence-corrected chi connectivity index (χ4v) is 3.22. The second kappa shape index (κ2) is 11.0. The second-order valence-corrected chi connectivity index (χ2v) is 6.89. The number of halogens is 1. The van der Waals surface area contributed by atoms with Crippen molar-refractivity contribution in [3.63, 3.8) is 0 Å². The number of piperazine rings is 1. The summed E-state index contributed by atoms with van der Waals surface area (Å²) < 4.78 is 1.69. The Bertz CT molecular complexity index is 912. The third-order valence-corrected chi connectivity index (χ3v) is 4.52. The highest BCUT2D eigenvalue weighted by atomic mass is 127. The van der Waals surface area contributed by atoms with Gasteiger partial charge in [-0.3, -0.25) is 14.3 Å². The summed E-state index contributed by atoms with van der Waals surface area (Å²) in [5.74, 6) is 0.614. The molecule has 2 aromatic rings. The van der Waals surface area contributed by atoms with Crippen molar-refractivity contribution in [2.24, 2.45) is 12.0 Å². The van der Waals surface area contributed by atoms with Crippen LogP contribution in [0.5, 0.6) is 0 Å². The van der Waals surface area contributed by atoms with E-state index in [9.17, 15) is 9.59 Å². The van der Waals surface area contributed by atoms with Gasteiger partial charge in [0.15, 0.2) is 5.96 Å². The number of aliphatic imine (C=N–C) groups is 1. The van der Waals surface area contributed by atoms with Gasteiger partial charge in [0.05, 0.1) is 18.4 Å². The number of guanidine groups is 1. The molecule has 1 fully saturated rings. The number of hydrogen-bond acceptors (Lipinski definition) is 4. The Morgan fingerprint density at radius 1 is 1.30 bits per heavy atom. The fraction of sp³-hybridized carbons (Fsp3) is 0.400. The number of aromatic nitrogens is 2. The van der Waals surface area contributed by atoms with Crippen molar-refractivity contribution in [3.05, 3.63) is 42.2 Å². The SMILES string of the molecule is CCNC(=NCc1cccc(NC(C)=O)c1)N1CCN(c2cnn(C)c2)C(=O)C1.I. The summed E-state index contributed by atoms with van der Waals surface area (Å²) in [7, 11) is 1.83. The summed E-state index contributed by atoms with van der Waals surface area (Å²) in [6, 6.07) is 7.60. The number of carbonyl (C=O) groups is 2. The van der Waals surface area contributed by atoms with Gasteiger partial charge in [-0.2, -0.15) is 5.10 Å². The number of nitrogens with zero attached hydrogens (tertiary/aromatic N) is 5. The first-order valence-corrected chi connectivity index (χ1v) is 9.65. The van der Waals surface area contributed by atoms with Gasteiger partial charge in [0.1, 0.15) is 6.54 Å². The van der Waals surface area contributed by atoms with Gasteiger partial charge in [-0.1, -0.05) is 12.1 Å². The lowest BCUT2D eigenvalue weighted by atomic mass is 10.2. The zero-order chi connectivity index (χ0) is 20.8. The van der Waals surface area contributed by atoms with Crippen molar-refractivity contribution in [2.75, 3.05) is 36.4 Å². The molecule has 2 N–H and O–H groups in total. The molecule has 9 nitrogen and oxygen atoms in total. The van der Waals surface area contributed by atoms with Crippen LogP contribution in [0.3, 0.4) is 0 Å². The number of amides is 2. The molecule has 1 aromatic carbocycles. The molecule has 30 heavy (non-hydrogen) atoms. The van der Waals surface area contributed by atoms with Crippen LogP contribution in [0.4, 0.5) is 11.4 Å². The largest absolute Gasteiger partial charge is 0.356 e. The van der Waals surface area contributed by atoms with Gasteiger partial charge in [-0.15, -0.1) is 24.0 Å². The van der Waals surface area contributed by atoms with Crippen LogP contribution in [-0.4, -0.2) is 58.6 Å². The Labute approximate surface area is 193 Å². The predicted octanol–water partition coefficient (Wildman–Crippen LogP) is 1.81. The summed E-state index contributed by atoms with van der Waals surface area (Å²) in [5, 5.41) is 10.2. The zero-order valence-electron chi connectivity index (χ0n) is 17.5. The zero-order valence-corrected chi connectivity index (χ0v) is 19.8. The van der Waals surface area contributed by atoms with Crippen molar-refractivity contribution < 1.29 is 9.59 Å². The summed E-state index contributed by atoms with van der Waals surface area (Å²) in [5.41, 5.74) is 2.54. The maximum atomic E-state index is 12.7. The van der Waals surface area contributed by atoms with Crippen molar-refractivity contribution in [2.45, 2.75) is 20.4 Å². The first kappa shape index (κ1) is 23.6. The van der Waals surface area contributed by atoms with E-state index in [1.54, 1.807) is 15.8 Å². The van der Waals surface area contributed by atoms with E-state index in [4.69, 9.17) is 4.99 Å². The summed E-state index contributed by atoms with van der Waals surface area (Å²) in [4.78, 5) is 32.3. The van der Waals surface area contributed by atoms with Crippen LogP contribution in [0.2, 0.25) is 0 Å². The van der Waals surface area contributed by atoms with Crippen molar-refractivity contribution in [1.29, 1.82) is 0 Å². The van der Waals surface area contributed by atoms with Crippen LogP contribution in [0.15, 0.2) is 41.7 Å². The minimum Gasteiger partial charge on any atom is -0.356 e. The smallest absolute Gasteiger partial charge is 0.246 e. The average molecular weight is 525 g/mol. The molecule has 0 radical (unpaired) electrons. The minimum absolute atomic E-state index is 0. The van der Waals surface area contributed by atoms with Gasteiger partial charge < -0.3 is 20.4 Å². The van der Waals surface area contributed by atoms with Gasteiger partial charge in [0.25, 0.3) is 0 Å². The van der Waals surface area contributed by atoms with Gasteiger partial charge in [-0.05, 0) is 24.6 Å². The molecule has 1 aromatic heterocycles. The molecule has 0 aliphatic carbocycles. The van der Waals surface area contributed by atoms with Gasteiger partial charge in [0.2, 0.25) is 11.8 Å². The molecule has 2 heterocycles. The average Bonchev–Trinajstić information content (AvgIpc) is 3.11. The molecule has 0 bridgehead atoms. The Morgan fingerprint density at radius 2 is 2.10 bits per heavy atom. The topological polar surface area (TPSA) is 94.9 Å². The maximum absolute atomic E-state index is 12.7. The molecular formula is C20H28IN7O2. The lowest BCUT2D eigenvalue weighted by molar-refractivity contribution is -0.120. The molecule has 162 valence electrons. The van der Waals surface area contributed by atoms with E-state index < -0.39 is 0 Å². The van der Waals surface area contributed by atoms with Crippen molar-refractivity contribution in [1.82, 2.24) is 20.0 Å². The number of hydrogen-bond donors (Lipinski definition) is 2. The molecular weight excluding hydrogens is 497 g/mol. The number of carbonyl (C=O) groups excluding carboxylic acids is 2.